The van der Waals surface area contributed by atoms with Crippen LogP contribution in [0.4, 0.5) is 0 Å². The van der Waals surface area contributed by atoms with E-state index < -0.39 is 30.1 Å². The summed E-state index contributed by atoms with van der Waals surface area (Å²) in [5.41, 5.74) is 1.60. The summed E-state index contributed by atoms with van der Waals surface area (Å²) < 4.78 is 0. The third-order valence-corrected chi connectivity index (χ3v) is 5.88. The molecule has 0 aliphatic carbocycles. The van der Waals surface area contributed by atoms with Gasteiger partial charge in [-0.2, -0.15) is 0 Å². The monoisotopic (exact) mass is 481 g/mol. The van der Waals surface area contributed by atoms with Gasteiger partial charge in [0.25, 0.3) is 0 Å². The van der Waals surface area contributed by atoms with Crippen molar-refractivity contribution in [2.24, 2.45) is 5.92 Å². The molecule has 2 aliphatic rings. The number of ketones is 2. The third kappa shape index (κ3) is 8.87. The van der Waals surface area contributed by atoms with E-state index in [0.29, 0.717) is 6.54 Å². The Labute approximate surface area is 206 Å². The summed E-state index contributed by atoms with van der Waals surface area (Å²) in [5.74, 6) is -1.39. The molecule has 7 nitrogen and oxygen atoms in total. The molecule has 0 radical (unpaired) electrons. The summed E-state index contributed by atoms with van der Waals surface area (Å²) in [6, 6.07) is -0.527. The fourth-order valence-corrected chi connectivity index (χ4v) is 3.73. The van der Waals surface area contributed by atoms with Gasteiger partial charge in [-0.1, -0.05) is 78.8 Å². The lowest BCUT2D eigenvalue weighted by molar-refractivity contribution is -0.135. The summed E-state index contributed by atoms with van der Waals surface area (Å²) in [5, 5.41) is 30.6. The maximum atomic E-state index is 12.8. The molecule has 5 atom stereocenters. The van der Waals surface area contributed by atoms with Crippen molar-refractivity contribution in [3.05, 3.63) is 84.1 Å². The number of carbonyl (C=O) groups is 3. The molecule has 0 saturated carbocycles. The average Bonchev–Trinajstić information content (AvgIpc) is 3.10. The molecule has 0 aromatic heterocycles. The van der Waals surface area contributed by atoms with Crippen LogP contribution in [-0.2, 0) is 14.4 Å². The Balaban J connectivity index is 2.29. The minimum Gasteiger partial charge on any atom is -0.390 e. The van der Waals surface area contributed by atoms with Crippen molar-refractivity contribution in [3.63, 3.8) is 0 Å². The van der Waals surface area contributed by atoms with Gasteiger partial charge >= 0.3 is 0 Å². The van der Waals surface area contributed by atoms with Gasteiger partial charge in [0.05, 0.1) is 24.7 Å². The number of aliphatic hydroxyl groups is 3. The molecule has 0 bridgehead atoms. The molecule has 1 saturated heterocycles. The topological polar surface area (TPSA) is 115 Å². The third-order valence-electron chi connectivity index (χ3n) is 5.88. The van der Waals surface area contributed by atoms with Crippen LogP contribution in [0.3, 0.4) is 0 Å². The normalized spacial score (nSPS) is 37.4. The van der Waals surface area contributed by atoms with Crippen LogP contribution in [0.5, 0.6) is 0 Å². The van der Waals surface area contributed by atoms with Crippen molar-refractivity contribution in [2.45, 2.75) is 58.0 Å². The number of amides is 1. The van der Waals surface area contributed by atoms with E-state index in [4.69, 9.17) is 0 Å². The molecule has 0 spiro atoms. The second-order valence-corrected chi connectivity index (χ2v) is 8.98. The van der Waals surface area contributed by atoms with Crippen molar-refractivity contribution in [2.75, 3.05) is 6.54 Å². The molecule has 1 amide bonds. The molecule has 7 heteroatoms. The molecule has 1 fully saturated rings. The molecule has 2 rings (SSSR count). The van der Waals surface area contributed by atoms with E-state index in [1.807, 2.05) is 13.8 Å². The Bertz CT molecular complexity index is 997. The van der Waals surface area contributed by atoms with Gasteiger partial charge in [0, 0.05) is 12.5 Å². The van der Waals surface area contributed by atoms with Crippen molar-refractivity contribution in [3.8, 4) is 0 Å². The first-order chi connectivity index (χ1) is 16.6. The van der Waals surface area contributed by atoms with Gasteiger partial charge in [-0.3, -0.25) is 14.4 Å². The number of rotatable bonds is 0. The summed E-state index contributed by atoms with van der Waals surface area (Å²) >= 11 is 0. The van der Waals surface area contributed by atoms with Crippen molar-refractivity contribution in [1.82, 2.24) is 4.90 Å². The summed E-state index contributed by atoms with van der Waals surface area (Å²) in [6.45, 7) is 5.86. The maximum Gasteiger partial charge on any atom is 0.230 e. The lowest BCUT2D eigenvalue weighted by Gasteiger charge is -2.23. The predicted molar refractivity (Wildman–Crippen MR) is 135 cm³/mol. The molecule has 2 heterocycles. The highest BCUT2D eigenvalue weighted by atomic mass is 16.3. The fourth-order valence-electron chi connectivity index (χ4n) is 3.73. The number of aliphatic hydroxyl groups excluding tert-OH is 3. The molecule has 188 valence electrons. The van der Waals surface area contributed by atoms with E-state index in [9.17, 15) is 29.7 Å². The first kappa shape index (κ1) is 28.1. The Morgan fingerprint density at radius 1 is 0.857 bits per heavy atom. The minimum atomic E-state index is -1.53. The van der Waals surface area contributed by atoms with E-state index in [2.05, 4.69) is 0 Å². The predicted octanol–water partition coefficient (Wildman–Crippen LogP) is 2.52. The van der Waals surface area contributed by atoms with Gasteiger partial charge in [-0.15, -0.1) is 0 Å². The van der Waals surface area contributed by atoms with E-state index in [1.54, 1.807) is 66.5 Å². The van der Waals surface area contributed by atoms with Gasteiger partial charge in [-0.05, 0) is 32.4 Å². The number of carbonyl (C=O) groups excluding carboxylic acids is 3. The van der Waals surface area contributed by atoms with Crippen LogP contribution in [0.15, 0.2) is 84.1 Å². The van der Waals surface area contributed by atoms with Crippen LogP contribution in [0.25, 0.3) is 0 Å². The first-order valence-electron chi connectivity index (χ1n) is 11.7. The van der Waals surface area contributed by atoms with E-state index >= 15 is 0 Å². The summed E-state index contributed by atoms with van der Waals surface area (Å²) in [7, 11) is 0. The zero-order valence-corrected chi connectivity index (χ0v) is 20.4. The number of allylic oxidation sites excluding steroid dienone is 11. The number of nitrogens with zero attached hydrogens (tertiary/aromatic N) is 1. The highest BCUT2D eigenvalue weighted by molar-refractivity contribution is 6.04. The second kappa shape index (κ2) is 13.7. The zero-order valence-electron chi connectivity index (χ0n) is 20.4. The van der Waals surface area contributed by atoms with Crippen LogP contribution in [-0.4, -0.2) is 68.6 Å². The van der Waals surface area contributed by atoms with Crippen LogP contribution in [0.1, 0.15) is 33.6 Å². The molecule has 3 N–H and O–H groups in total. The van der Waals surface area contributed by atoms with Crippen molar-refractivity contribution < 1.29 is 29.7 Å². The molecule has 2 aliphatic heterocycles. The van der Waals surface area contributed by atoms with Crippen LogP contribution in [0, 0.1) is 5.92 Å². The number of hydrogen-bond donors (Lipinski definition) is 3. The van der Waals surface area contributed by atoms with Crippen LogP contribution >= 0.6 is 0 Å². The minimum absolute atomic E-state index is 0.0764. The average molecular weight is 482 g/mol. The second-order valence-electron chi connectivity index (χ2n) is 8.98. The SMILES string of the molecule is CC1=C\C=C\[C@H]2[C@H](O)[C@H](C)CN2C(=O)CC(=O)/C=C/C(C)=C/C=C/C[C@H](O)[C@H](O)C(=O)/C=C\C=C\1. The van der Waals surface area contributed by atoms with Crippen molar-refractivity contribution >= 4 is 17.5 Å². The van der Waals surface area contributed by atoms with Gasteiger partial charge in [0.2, 0.25) is 5.91 Å². The number of fused-ring (bicyclic) bond motifs is 1. The van der Waals surface area contributed by atoms with E-state index in [-0.39, 0.29) is 30.4 Å². The highest BCUT2D eigenvalue weighted by Gasteiger charge is 2.39. The smallest absolute Gasteiger partial charge is 0.230 e. The van der Waals surface area contributed by atoms with Crippen LogP contribution < -0.4 is 0 Å². The molecule has 0 aromatic rings. The molecule has 0 unspecified atom stereocenters. The first-order valence-corrected chi connectivity index (χ1v) is 11.7. The lowest BCUT2D eigenvalue weighted by atomic mass is 10.0. The van der Waals surface area contributed by atoms with Gasteiger partial charge < -0.3 is 20.2 Å². The summed E-state index contributed by atoms with van der Waals surface area (Å²) in [4.78, 5) is 38.8. The Morgan fingerprint density at radius 2 is 1.51 bits per heavy atom. The van der Waals surface area contributed by atoms with E-state index in [1.165, 1.54) is 18.2 Å². The number of hydrogen-bond acceptors (Lipinski definition) is 6. The van der Waals surface area contributed by atoms with Gasteiger partial charge in [0.1, 0.15) is 6.10 Å². The largest absolute Gasteiger partial charge is 0.390 e. The standard InChI is InChI=1S/C28H35NO6/c1-19-9-4-6-13-24(31)28(35)25(32)14-7-5-10-20(2)15-16-22(30)17-26(33)29-18-21(3)27(34)23(29)12-8-11-19/h4-13,15-16,21,23,25,27-28,32,34-35H,14,17-18H2,1-3H3/b7-5+,9-4+,12-8+,13-6-,16-15+,19-11+,20-10+/t21-,23+,25+,27-,28-/m1/s1. The Kier molecular flexibility index (Phi) is 11.0. The van der Waals surface area contributed by atoms with Crippen LogP contribution in [0.2, 0.25) is 0 Å². The Morgan fingerprint density at radius 3 is 2.26 bits per heavy atom. The summed E-state index contributed by atoms with van der Waals surface area (Å²) in [6.07, 6.45) is 15.6. The maximum absolute atomic E-state index is 12.8. The fraction of sp³-hybridized carbons (Fsp3) is 0.393. The molecular formula is C28H35NO6. The van der Waals surface area contributed by atoms with Gasteiger partial charge in [-0.25, -0.2) is 0 Å². The molecule has 0 aromatic carbocycles. The van der Waals surface area contributed by atoms with Crippen molar-refractivity contribution in [1.29, 1.82) is 0 Å². The van der Waals surface area contributed by atoms with E-state index in [0.717, 1.165) is 11.1 Å². The lowest BCUT2D eigenvalue weighted by Crippen LogP contribution is -2.39. The highest BCUT2D eigenvalue weighted by Crippen LogP contribution is 2.25. The molecular weight excluding hydrogens is 446 g/mol. The Hall–Kier alpha value is -3.13. The molecule has 35 heavy (non-hydrogen) atoms. The quantitative estimate of drug-likeness (QED) is 0.458. The van der Waals surface area contributed by atoms with Gasteiger partial charge in [0.15, 0.2) is 11.6 Å². The zero-order chi connectivity index (χ0) is 26.0.